The molecule has 8 heterocycles. The van der Waals surface area contributed by atoms with E-state index in [1.807, 2.05) is 202 Å². The molecule has 12 aromatic carbocycles. The Hall–Kier alpha value is -12.2. The topological polar surface area (TPSA) is 195 Å². The van der Waals surface area contributed by atoms with Crippen molar-refractivity contribution < 1.29 is 95.9 Å². The second kappa shape index (κ2) is 35.2. The van der Waals surface area contributed by atoms with E-state index in [1.54, 1.807) is 67.1 Å². The summed E-state index contributed by atoms with van der Waals surface area (Å²) in [5.74, 6) is -0.216. The zero-order chi connectivity index (χ0) is 74.7. The van der Waals surface area contributed by atoms with Crippen molar-refractivity contribution in [2.75, 3.05) is 0 Å². The summed E-state index contributed by atoms with van der Waals surface area (Å²) in [6.07, 6.45) is 7.21. The minimum Gasteiger partial charge on any atom is -0.872 e. The Labute approximate surface area is 707 Å². The summed E-state index contributed by atoms with van der Waals surface area (Å²) < 4.78 is 0. The minimum atomic E-state index is -0.469. The van der Waals surface area contributed by atoms with Crippen molar-refractivity contribution in [2.24, 2.45) is 0 Å². The van der Waals surface area contributed by atoms with E-state index in [-0.39, 0.29) is 104 Å². The monoisotopic (exact) mass is 1450 g/mol. The fraction of sp³-hybridized carbons (Fsp3) is 0.0408. The summed E-state index contributed by atoms with van der Waals surface area (Å²) in [5, 5.41) is 60.3. The zero-order valence-electron chi connectivity index (χ0n) is 63.9. The average molecular weight is 1450 g/mol. The standard InChI is InChI=1S/C30H20N2O.C25H18N2O.C22H14N2O.C21H18N2O.4Li/c33-28-14-8-7-13-25(28)27-19-26(21-11-5-2-6-12-21)24-16-15-23-22(20-9-3-1-4-10-20)17-18-31-29(23)30(24)32-27;28-22-11-5-4-10-20(22)23(17-7-2-1-3-8-17)21-15-14-19-13-12-18-9-6-16-26-24(18)25(19)27-21;25-19-6-2-1-5-17(19)18-12-11-16-10-8-14-7-9-15-4-3-13-23-21(15)20(14)22(16)24-18;1-21(2,16-7-3-4-8-17(16)24)18-12-11-15-10-9-14-6-5-13-22-19(14)20(15)23-18;;;;/h1-19,33H;1-16,23,28H;1-13,25H;3-13,24H,1-2H3;;;;/q;;;;4*+1/p-4. The Morgan fingerprint density at radius 3 is 1.29 bits per heavy atom. The number of hydrogen-bond donors (Lipinski definition) is 0. The van der Waals surface area contributed by atoms with Gasteiger partial charge in [0.25, 0.3) is 0 Å². The van der Waals surface area contributed by atoms with Gasteiger partial charge in [0, 0.05) is 78.7 Å². The molecule has 114 heavy (non-hydrogen) atoms. The van der Waals surface area contributed by atoms with Crippen molar-refractivity contribution in [2.45, 2.75) is 25.2 Å². The van der Waals surface area contributed by atoms with Gasteiger partial charge in [-0.3, -0.25) is 19.9 Å². The quantitative estimate of drug-likeness (QED) is 0.0986. The van der Waals surface area contributed by atoms with E-state index >= 15 is 0 Å². The van der Waals surface area contributed by atoms with E-state index in [0.717, 1.165) is 148 Å². The van der Waals surface area contributed by atoms with Gasteiger partial charge in [0.05, 0.1) is 72.8 Å². The third-order valence-corrected chi connectivity index (χ3v) is 20.3. The molecule has 526 valence electrons. The van der Waals surface area contributed by atoms with Gasteiger partial charge in [-0.15, -0.1) is 11.5 Å². The molecule has 0 saturated carbocycles. The Bertz CT molecular complexity index is 6860. The molecule has 12 nitrogen and oxygen atoms in total. The summed E-state index contributed by atoms with van der Waals surface area (Å²) in [6, 6.07) is 108. The molecule has 0 spiro atoms. The van der Waals surface area contributed by atoms with Crippen LogP contribution in [0.25, 0.3) is 143 Å². The van der Waals surface area contributed by atoms with E-state index in [1.165, 1.54) is 0 Å². The number of para-hydroxylation sites is 4. The molecule has 8 aromatic heterocycles. The number of benzene rings is 12. The van der Waals surface area contributed by atoms with Crippen LogP contribution in [0.2, 0.25) is 0 Å². The van der Waals surface area contributed by atoms with Crippen LogP contribution in [0.15, 0.2) is 358 Å². The van der Waals surface area contributed by atoms with Crippen LogP contribution in [-0.2, 0) is 5.41 Å². The van der Waals surface area contributed by atoms with Crippen LogP contribution in [0.4, 0.5) is 0 Å². The number of aromatic nitrogens is 8. The average Bonchev–Trinajstić information content (AvgIpc) is 0.747. The normalized spacial score (nSPS) is 11.2. The zero-order valence-corrected chi connectivity index (χ0v) is 63.9. The van der Waals surface area contributed by atoms with Gasteiger partial charge in [-0.1, -0.05) is 310 Å². The van der Waals surface area contributed by atoms with Gasteiger partial charge in [-0.2, -0.15) is 0 Å². The molecule has 20 aromatic rings. The minimum absolute atomic E-state index is 0. The van der Waals surface area contributed by atoms with Crippen LogP contribution in [0.3, 0.4) is 0 Å². The molecule has 0 radical (unpaired) electrons. The molecule has 1 atom stereocenters. The van der Waals surface area contributed by atoms with E-state index in [2.05, 4.69) is 118 Å². The largest absolute Gasteiger partial charge is 1.00 e. The predicted molar refractivity (Wildman–Crippen MR) is 438 cm³/mol. The van der Waals surface area contributed by atoms with Crippen molar-refractivity contribution >= 4 is 98.0 Å². The first-order valence-corrected chi connectivity index (χ1v) is 36.3. The predicted octanol–water partition coefficient (Wildman–Crippen LogP) is 8.77. The summed E-state index contributed by atoms with van der Waals surface area (Å²) in [5.41, 5.74) is 17.6. The molecule has 1 unspecified atom stereocenters. The molecule has 0 saturated heterocycles. The number of hydrogen-bond acceptors (Lipinski definition) is 12. The van der Waals surface area contributed by atoms with Crippen molar-refractivity contribution in [1.29, 1.82) is 0 Å². The van der Waals surface area contributed by atoms with Gasteiger partial charge in [0.15, 0.2) is 0 Å². The Morgan fingerprint density at radius 1 is 0.272 bits per heavy atom. The van der Waals surface area contributed by atoms with Gasteiger partial charge in [0.2, 0.25) is 0 Å². The Balaban J connectivity index is 0.000000132. The summed E-state index contributed by atoms with van der Waals surface area (Å²) in [7, 11) is 0. The molecule has 0 aliphatic heterocycles. The molecular weight excluding hydrogens is 1380 g/mol. The smallest absolute Gasteiger partial charge is 0.872 e. The second-order valence-electron chi connectivity index (χ2n) is 27.4. The van der Waals surface area contributed by atoms with Gasteiger partial charge in [-0.05, 0) is 104 Å². The molecular formula is C98H66Li4N8O4. The molecule has 0 N–H and O–H groups in total. The Morgan fingerprint density at radius 2 is 0.702 bits per heavy atom. The van der Waals surface area contributed by atoms with Crippen molar-refractivity contribution in [3.8, 4) is 67.8 Å². The van der Waals surface area contributed by atoms with Crippen LogP contribution in [0.5, 0.6) is 23.0 Å². The first-order valence-electron chi connectivity index (χ1n) is 36.3. The first-order chi connectivity index (χ1) is 54.0. The van der Waals surface area contributed by atoms with Crippen molar-refractivity contribution in [1.82, 2.24) is 39.9 Å². The van der Waals surface area contributed by atoms with Crippen LogP contribution in [0.1, 0.15) is 47.8 Å². The molecule has 16 heteroatoms. The fourth-order valence-electron chi connectivity index (χ4n) is 14.8. The van der Waals surface area contributed by atoms with Crippen LogP contribution >= 0.6 is 0 Å². The maximum absolute atomic E-state index is 12.7. The number of fused-ring (bicyclic) bond motifs is 14. The fourth-order valence-corrected chi connectivity index (χ4v) is 14.8. The van der Waals surface area contributed by atoms with Crippen LogP contribution in [-0.4, -0.2) is 39.9 Å². The third-order valence-electron chi connectivity index (χ3n) is 20.3. The van der Waals surface area contributed by atoms with Gasteiger partial charge >= 0.3 is 75.4 Å². The second-order valence-corrected chi connectivity index (χ2v) is 27.4. The van der Waals surface area contributed by atoms with Crippen molar-refractivity contribution in [3.05, 3.63) is 387 Å². The molecule has 20 rings (SSSR count). The first kappa shape index (κ1) is 79.8. The summed E-state index contributed by atoms with van der Waals surface area (Å²) in [4.78, 5) is 38.1. The van der Waals surface area contributed by atoms with Gasteiger partial charge in [-0.25, -0.2) is 19.9 Å². The third kappa shape index (κ3) is 16.0. The maximum Gasteiger partial charge on any atom is 1.00 e. The molecule has 0 fully saturated rings. The van der Waals surface area contributed by atoms with E-state index in [4.69, 9.17) is 24.9 Å². The van der Waals surface area contributed by atoms with E-state index in [9.17, 15) is 20.4 Å². The van der Waals surface area contributed by atoms with Gasteiger partial charge in [0.1, 0.15) is 0 Å². The molecule has 0 amide bonds. The van der Waals surface area contributed by atoms with Gasteiger partial charge < -0.3 is 20.4 Å². The van der Waals surface area contributed by atoms with Crippen molar-refractivity contribution in [3.63, 3.8) is 0 Å². The summed E-state index contributed by atoms with van der Waals surface area (Å²) in [6.45, 7) is 4.08. The number of nitrogens with zero attached hydrogens (tertiary/aromatic N) is 8. The Kier molecular flexibility index (Phi) is 24.7. The van der Waals surface area contributed by atoms with E-state index < -0.39 is 5.41 Å². The SMILES string of the molecule is CC(C)(c1ccc2ccc3cccnc3c2n1)c1ccccc1[O-].[Li+].[Li+].[Li+].[Li+].[O-]c1ccccc1-c1cc(-c2ccccc2)c2ccc3c(-c4ccccc4)ccnc3c2n1.[O-]c1ccccc1-c1ccc2ccc3ccc4cccnc4c3c2n1.[O-]c1ccccc1C(c1ccccc1)c1ccc2ccc3cccnc3c2n1. The number of pyridine rings is 8. The summed E-state index contributed by atoms with van der Waals surface area (Å²) >= 11 is 0. The van der Waals surface area contributed by atoms with E-state index in [0.29, 0.717) is 22.5 Å². The maximum atomic E-state index is 12.7. The number of rotatable bonds is 9. The molecule has 0 bridgehead atoms. The molecule has 0 aliphatic carbocycles. The van der Waals surface area contributed by atoms with Crippen LogP contribution in [0, 0.1) is 0 Å². The molecule has 0 aliphatic rings. The van der Waals surface area contributed by atoms with Crippen LogP contribution < -0.4 is 95.9 Å².